The quantitative estimate of drug-likeness (QED) is 0.232. The molecule has 170 valence electrons. The van der Waals surface area contributed by atoms with Crippen molar-refractivity contribution in [1.82, 2.24) is 0 Å². The van der Waals surface area contributed by atoms with Crippen molar-refractivity contribution < 1.29 is 29.0 Å². The first kappa shape index (κ1) is 22.3. The first-order chi connectivity index (χ1) is 16.2. The van der Waals surface area contributed by atoms with E-state index in [-0.39, 0.29) is 40.2 Å². The van der Waals surface area contributed by atoms with Crippen LogP contribution in [0.3, 0.4) is 0 Å². The number of para-hydroxylation sites is 1. The molecule has 1 aliphatic heterocycles. The molecular weight excluding hydrogens is 446 g/mol. The van der Waals surface area contributed by atoms with Gasteiger partial charge in [-0.1, -0.05) is 18.2 Å². The van der Waals surface area contributed by atoms with Crippen LogP contribution in [0.1, 0.15) is 42.2 Å². The molecule has 1 aliphatic rings. The van der Waals surface area contributed by atoms with Crippen LogP contribution in [-0.2, 0) is 11.3 Å². The van der Waals surface area contributed by atoms with E-state index < -0.39 is 33.3 Å². The highest BCUT2D eigenvalue weighted by Crippen LogP contribution is 2.35. The molecule has 34 heavy (non-hydrogen) atoms. The summed E-state index contributed by atoms with van der Waals surface area (Å²) < 4.78 is 5.16. The summed E-state index contributed by atoms with van der Waals surface area (Å²) in [7, 11) is 0. The Kier molecular flexibility index (Phi) is 5.60. The molecule has 0 radical (unpaired) electrons. The summed E-state index contributed by atoms with van der Waals surface area (Å²) in [6, 6.07) is 13.6. The normalized spacial score (nSPS) is 12.4. The van der Waals surface area contributed by atoms with E-state index in [1.54, 1.807) is 13.0 Å². The Bertz CT molecular complexity index is 1400. The third-order valence-corrected chi connectivity index (χ3v) is 5.24. The lowest BCUT2D eigenvalue weighted by molar-refractivity contribution is -0.385. The molecule has 0 aromatic heterocycles. The number of esters is 1. The zero-order valence-electron chi connectivity index (χ0n) is 17.6. The van der Waals surface area contributed by atoms with Crippen molar-refractivity contribution in [2.75, 3.05) is 4.90 Å². The lowest BCUT2D eigenvalue weighted by atomic mass is 10.1. The maximum Gasteiger partial charge on any atom is 0.338 e. The second-order valence-electron chi connectivity index (χ2n) is 7.42. The number of anilines is 1. The monoisotopic (exact) mass is 461 g/mol. The summed E-state index contributed by atoms with van der Waals surface area (Å²) in [4.78, 5) is 60.4. The van der Waals surface area contributed by atoms with Gasteiger partial charge in [-0.3, -0.25) is 29.8 Å². The highest BCUT2D eigenvalue weighted by molar-refractivity contribution is 6.35. The molecule has 11 heteroatoms. The smallest absolute Gasteiger partial charge is 0.338 e. The Morgan fingerprint density at radius 3 is 2.26 bits per heavy atom. The molecule has 1 heterocycles. The second kappa shape index (κ2) is 8.54. The lowest BCUT2D eigenvalue weighted by Gasteiger charge is -2.14. The van der Waals surface area contributed by atoms with Crippen molar-refractivity contribution in [2.24, 2.45) is 0 Å². The third kappa shape index (κ3) is 3.86. The van der Waals surface area contributed by atoms with Gasteiger partial charge < -0.3 is 4.74 Å². The Labute approximate surface area is 191 Å². The first-order valence-corrected chi connectivity index (χ1v) is 9.86. The van der Waals surface area contributed by atoms with Crippen LogP contribution in [-0.4, -0.2) is 27.6 Å². The maximum absolute atomic E-state index is 13.0. The Balaban J connectivity index is 1.60. The number of nitrogens with zero attached hydrogens (tertiary/aromatic N) is 3. The highest BCUT2D eigenvalue weighted by Gasteiger charge is 2.40. The lowest BCUT2D eigenvalue weighted by Crippen LogP contribution is -2.30. The summed E-state index contributed by atoms with van der Waals surface area (Å²) in [5.41, 5.74) is -0.211. The second-order valence-corrected chi connectivity index (χ2v) is 7.42. The number of aryl methyl sites for hydroxylation is 1. The fourth-order valence-corrected chi connectivity index (χ4v) is 3.59. The summed E-state index contributed by atoms with van der Waals surface area (Å²) in [6.07, 6.45) is 0. The highest BCUT2D eigenvalue weighted by atomic mass is 16.6. The van der Waals surface area contributed by atoms with E-state index in [1.165, 1.54) is 48.5 Å². The number of carbonyl (C=O) groups excluding carboxylic acids is 3. The number of rotatable bonds is 6. The Morgan fingerprint density at radius 1 is 0.882 bits per heavy atom. The molecule has 0 bridgehead atoms. The minimum Gasteiger partial charge on any atom is -0.457 e. The predicted octanol–water partition coefficient (Wildman–Crippen LogP) is 3.97. The molecule has 3 aromatic rings. The standard InChI is InChI=1S/C23H15N3O8/c1-13-6-9-19(20(10-13)26(32)33)24-21(27)16-8-7-14(11-17(16)22(24)28)23(29)34-12-15-4-2-3-5-18(15)25(30)31/h2-11H,12H2,1H3. The number of fused-ring (bicyclic) bond motifs is 1. The van der Waals surface area contributed by atoms with Crippen molar-refractivity contribution in [3.63, 3.8) is 0 Å². The molecule has 11 nitrogen and oxygen atoms in total. The van der Waals surface area contributed by atoms with Crippen LogP contribution in [0.15, 0.2) is 60.7 Å². The number of hydrogen-bond donors (Lipinski definition) is 0. The van der Waals surface area contributed by atoms with Gasteiger partial charge in [0.25, 0.3) is 23.2 Å². The zero-order valence-corrected chi connectivity index (χ0v) is 17.6. The van der Waals surface area contributed by atoms with Crippen molar-refractivity contribution in [1.29, 1.82) is 0 Å². The van der Waals surface area contributed by atoms with E-state index in [0.717, 1.165) is 6.07 Å². The van der Waals surface area contributed by atoms with Gasteiger partial charge in [-0.2, -0.15) is 0 Å². The molecule has 0 aliphatic carbocycles. The van der Waals surface area contributed by atoms with Crippen LogP contribution < -0.4 is 4.90 Å². The average molecular weight is 461 g/mol. The molecule has 0 saturated heterocycles. The van der Waals surface area contributed by atoms with Crippen LogP contribution in [0, 0.1) is 27.2 Å². The number of carbonyl (C=O) groups is 3. The van der Waals surface area contributed by atoms with Gasteiger partial charge in [0.2, 0.25) is 0 Å². The molecule has 4 rings (SSSR count). The molecular formula is C23H15N3O8. The first-order valence-electron chi connectivity index (χ1n) is 9.86. The van der Waals surface area contributed by atoms with Gasteiger partial charge in [-0.25, -0.2) is 9.69 Å². The van der Waals surface area contributed by atoms with Gasteiger partial charge in [-0.05, 0) is 42.8 Å². The minimum atomic E-state index is -0.860. The van der Waals surface area contributed by atoms with Gasteiger partial charge in [0.15, 0.2) is 0 Å². The van der Waals surface area contributed by atoms with E-state index >= 15 is 0 Å². The van der Waals surface area contributed by atoms with E-state index in [4.69, 9.17) is 4.74 Å². The molecule has 0 saturated carbocycles. The van der Waals surface area contributed by atoms with Crippen molar-refractivity contribution >= 4 is 34.8 Å². The summed E-state index contributed by atoms with van der Waals surface area (Å²) in [5.74, 6) is -2.44. The van der Waals surface area contributed by atoms with Crippen molar-refractivity contribution in [3.05, 3.63) is 109 Å². The fourth-order valence-electron chi connectivity index (χ4n) is 3.59. The number of ether oxygens (including phenoxy) is 1. The SMILES string of the molecule is Cc1ccc(N2C(=O)c3ccc(C(=O)OCc4ccccc4[N+](=O)[O-])cc3C2=O)c([N+](=O)[O-])c1. The average Bonchev–Trinajstić information content (AvgIpc) is 3.07. The molecule has 0 N–H and O–H groups in total. The van der Waals surface area contributed by atoms with Gasteiger partial charge in [0.05, 0.1) is 32.1 Å². The molecule has 2 amide bonds. The summed E-state index contributed by atoms with van der Waals surface area (Å²) >= 11 is 0. The summed E-state index contributed by atoms with van der Waals surface area (Å²) in [5, 5.41) is 22.6. The predicted molar refractivity (Wildman–Crippen MR) is 118 cm³/mol. The van der Waals surface area contributed by atoms with Gasteiger partial charge in [0, 0.05) is 12.1 Å². The van der Waals surface area contributed by atoms with Crippen molar-refractivity contribution in [3.8, 4) is 0 Å². The van der Waals surface area contributed by atoms with Gasteiger partial charge >= 0.3 is 5.97 Å². The van der Waals surface area contributed by atoms with Crippen LogP contribution in [0.5, 0.6) is 0 Å². The number of hydrogen-bond acceptors (Lipinski definition) is 8. The number of benzene rings is 3. The number of nitro groups is 2. The fraction of sp³-hybridized carbons (Fsp3) is 0.0870. The molecule has 0 atom stereocenters. The number of nitro benzene ring substituents is 2. The minimum absolute atomic E-state index is 0.0184. The van der Waals surface area contributed by atoms with E-state index in [9.17, 15) is 34.6 Å². The van der Waals surface area contributed by atoms with Gasteiger partial charge in [-0.15, -0.1) is 0 Å². The Morgan fingerprint density at radius 2 is 1.56 bits per heavy atom. The van der Waals surface area contributed by atoms with Crippen LogP contribution in [0.25, 0.3) is 0 Å². The van der Waals surface area contributed by atoms with Crippen LogP contribution in [0.4, 0.5) is 17.1 Å². The van der Waals surface area contributed by atoms with Crippen LogP contribution >= 0.6 is 0 Å². The number of amides is 2. The molecule has 0 spiro atoms. The van der Waals surface area contributed by atoms with E-state index in [0.29, 0.717) is 10.5 Å². The topological polar surface area (TPSA) is 150 Å². The Hall–Kier alpha value is -4.93. The number of imide groups is 1. The van der Waals surface area contributed by atoms with Crippen LogP contribution in [0.2, 0.25) is 0 Å². The molecule has 0 unspecified atom stereocenters. The maximum atomic E-state index is 13.0. The summed E-state index contributed by atoms with van der Waals surface area (Å²) in [6.45, 7) is 1.27. The zero-order chi connectivity index (χ0) is 24.6. The van der Waals surface area contributed by atoms with Gasteiger partial charge in [0.1, 0.15) is 12.3 Å². The van der Waals surface area contributed by atoms with E-state index in [1.807, 2.05) is 0 Å². The molecule has 3 aromatic carbocycles. The third-order valence-electron chi connectivity index (χ3n) is 5.24. The molecule has 0 fully saturated rings. The largest absolute Gasteiger partial charge is 0.457 e. The van der Waals surface area contributed by atoms with E-state index in [2.05, 4.69) is 0 Å². The van der Waals surface area contributed by atoms with Crippen molar-refractivity contribution in [2.45, 2.75) is 13.5 Å².